The fraction of sp³-hybridized carbons (Fsp3) is 0.538. The van der Waals surface area contributed by atoms with Gasteiger partial charge in [0.25, 0.3) is 0 Å². The van der Waals surface area contributed by atoms with Crippen LogP contribution in [-0.2, 0) is 4.74 Å². The first-order chi connectivity index (χ1) is 9.40. The highest BCUT2D eigenvalue weighted by Gasteiger charge is 2.34. The highest BCUT2D eigenvalue weighted by atomic mass is 32.1. The molecule has 2 aromatic heterocycles. The van der Waals surface area contributed by atoms with Crippen molar-refractivity contribution in [2.24, 2.45) is 0 Å². The van der Waals surface area contributed by atoms with Gasteiger partial charge in [-0.2, -0.15) is 0 Å². The minimum absolute atomic E-state index is 0.675. The third kappa shape index (κ3) is 2.09. The van der Waals surface area contributed by atoms with E-state index in [9.17, 15) is 0 Å². The van der Waals surface area contributed by atoms with Gasteiger partial charge in [0.05, 0.1) is 24.1 Å². The molecule has 0 spiro atoms. The predicted octanol–water partition coefficient (Wildman–Crippen LogP) is 1.21. The van der Waals surface area contributed by atoms with Crippen molar-refractivity contribution < 1.29 is 4.74 Å². The van der Waals surface area contributed by atoms with Crippen molar-refractivity contribution in [3.63, 3.8) is 0 Å². The van der Waals surface area contributed by atoms with E-state index in [-0.39, 0.29) is 0 Å². The van der Waals surface area contributed by atoms with Crippen LogP contribution < -0.4 is 4.90 Å². The van der Waals surface area contributed by atoms with E-state index in [1.807, 2.05) is 18.5 Å². The molecular formula is C13H16N4OS. The summed E-state index contributed by atoms with van der Waals surface area (Å²) >= 11 is 1.76. The standard InChI is InChI=1S/C13H16N4OS/c1-2-14-7-11-12(1)19-13(15-11)17-8-10(9-17)16-3-5-18-6-4-16/h1-2,7,10H,3-6,8-9H2. The number of aromatic nitrogens is 2. The van der Waals surface area contributed by atoms with E-state index in [0.717, 1.165) is 50.0 Å². The van der Waals surface area contributed by atoms with Crippen LogP contribution >= 0.6 is 11.3 Å². The van der Waals surface area contributed by atoms with Crippen LogP contribution in [0.25, 0.3) is 10.2 Å². The number of hydrogen-bond acceptors (Lipinski definition) is 6. The molecule has 4 rings (SSSR count). The summed E-state index contributed by atoms with van der Waals surface area (Å²) in [5, 5.41) is 1.13. The van der Waals surface area contributed by atoms with Crippen LogP contribution in [-0.4, -0.2) is 60.3 Å². The van der Waals surface area contributed by atoms with E-state index in [4.69, 9.17) is 4.74 Å². The Bertz CT molecular complexity index is 542. The summed E-state index contributed by atoms with van der Waals surface area (Å²) in [6.07, 6.45) is 3.67. The Labute approximate surface area is 115 Å². The van der Waals surface area contributed by atoms with E-state index >= 15 is 0 Å². The van der Waals surface area contributed by atoms with Crippen molar-refractivity contribution in [2.45, 2.75) is 6.04 Å². The van der Waals surface area contributed by atoms with Crippen molar-refractivity contribution in [3.05, 3.63) is 18.5 Å². The zero-order valence-corrected chi connectivity index (χ0v) is 11.5. The zero-order chi connectivity index (χ0) is 12.7. The molecule has 2 aliphatic heterocycles. The van der Waals surface area contributed by atoms with E-state index in [0.29, 0.717) is 6.04 Å². The van der Waals surface area contributed by atoms with Crippen LogP contribution in [0.15, 0.2) is 18.5 Å². The monoisotopic (exact) mass is 276 g/mol. The van der Waals surface area contributed by atoms with E-state index < -0.39 is 0 Å². The number of rotatable bonds is 2. The Balaban J connectivity index is 1.44. The molecule has 0 N–H and O–H groups in total. The second-order valence-corrected chi connectivity index (χ2v) is 6.06. The summed E-state index contributed by atoms with van der Waals surface area (Å²) in [4.78, 5) is 13.7. The molecule has 0 amide bonds. The topological polar surface area (TPSA) is 41.5 Å². The summed E-state index contributed by atoms with van der Waals surface area (Å²) < 4.78 is 6.62. The number of fused-ring (bicyclic) bond motifs is 1. The van der Waals surface area contributed by atoms with Gasteiger partial charge in [-0.25, -0.2) is 4.98 Å². The second-order valence-electron chi connectivity index (χ2n) is 5.05. The Morgan fingerprint density at radius 1 is 1.26 bits per heavy atom. The molecule has 2 fully saturated rings. The first-order valence-electron chi connectivity index (χ1n) is 6.67. The molecule has 100 valence electrons. The number of pyridine rings is 1. The molecule has 0 atom stereocenters. The Kier molecular flexibility index (Phi) is 2.86. The highest BCUT2D eigenvalue weighted by molar-refractivity contribution is 7.22. The van der Waals surface area contributed by atoms with Crippen molar-refractivity contribution in [1.82, 2.24) is 14.9 Å². The van der Waals surface area contributed by atoms with Gasteiger partial charge in [-0.15, -0.1) is 0 Å². The fourth-order valence-corrected chi connectivity index (χ4v) is 3.64. The highest BCUT2D eigenvalue weighted by Crippen LogP contribution is 2.31. The van der Waals surface area contributed by atoms with Gasteiger partial charge < -0.3 is 9.64 Å². The largest absolute Gasteiger partial charge is 0.379 e. The molecule has 2 aromatic rings. The summed E-state index contributed by atoms with van der Waals surface area (Å²) in [6.45, 7) is 6.08. The van der Waals surface area contributed by atoms with Crippen LogP contribution in [0.2, 0.25) is 0 Å². The quantitative estimate of drug-likeness (QED) is 0.825. The number of morpholine rings is 1. The first-order valence-corrected chi connectivity index (χ1v) is 7.49. The van der Waals surface area contributed by atoms with Gasteiger partial charge >= 0.3 is 0 Å². The van der Waals surface area contributed by atoms with Crippen molar-refractivity contribution >= 4 is 26.7 Å². The number of anilines is 1. The van der Waals surface area contributed by atoms with Gasteiger partial charge in [0, 0.05) is 38.4 Å². The maximum atomic E-state index is 5.40. The molecule has 19 heavy (non-hydrogen) atoms. The average Bonchev–Trinajstić information content (AvgIpc) is 2.81. The molecule has 0 bridgehead atoms. The molecule has 6 heteroatoms. The molecular weight excluding hydrogens is 260 g/mol. The number of hydrogen-bond donors (Lipinski definition) is 0. The normalized spacial score (nSPS) is 21.8. The minimum Gasteiger partial charge on any atom is -0.379 e. The van der Waals surface area contributed by atoms with Crippen molar-refractivity contribution in [1.29, 1.82) is 0 Å². The third-order valence-corrected chi connectivity index (χ3v) is 4.97. The Hall–Kier alpha value is -1.24. The summed E-state index contributed by atoms with van der Waals surface area (Å²) in [5.41, 5.74) is 1.01. The number of nitrogens with zero attached hydrogens (tertiary/aromatic N) is 4. The smallest absolute Gasteiger partial charge is 0.186 e. The Morgan fingerprint density at radius 2 is 2.11 bits per heavy atom. The Morgan fingerprint density at radius 3 is 2.89 bits per heavy atom. The lowest BCUT2D eigenvalue weighted by atomic mass is 10.1. The molecule has 0 saturated carbocycles. The van der Waals surface area contributed by atoms with Gasteiger partial charge in [-0.1, -0.05) is 11.3 Å². The molecule has 2 aliphatic rings. The summed E-state index contributed by atoms with van der Waals surface area (Å²) in [7, 11) is 0. The molecule has 4 heterocycles. The van der Waals surface area contributed by atoms with Crippen molar-refractivity contribution in [3.8, 4) is 0 Å². The summed E-state index contributed by atoms with van der Waals surface area (Å²) in [6, 6.07) is 2.71. The van der Waals surface area contributed by atoms with E-state index in [2.05, 4.69) is 19.8 Å². The molecule has 0 radical (unpaired) electrons. The third-order valence-electron chi connectivity index (χ3n) is 3.87. The molecule has 0 aromatic carbocycles. The van der Waals surface area contributed by atoms with Gasteiger partial charge in [0.15, 0.2) is 5.13 Å². The number of thiazole rings is 1. The van der Waals surface area contributed by atoms with E-state index in [1.165, 1.54) is 4.70 Å². The zero-order valence-electron chi connectivity index (χ0n) is 10.7. The van der Waals surface area contributed by atoms with Crippen molar-refractivity contribution in [2.75, 3.05) is 44.3 Å². The predicted molar refractivity (Wildman–Crippen MR) is 75.8 cm³/mol. The van der Waals surface area contributed by atoms with Gasteiger partial charge in [0.2, 0.25) is 0 Å². The maximum Gasteiger partial charge on any atom is 0.186 e. The molecule has 5 nitrogen and oxygen atoms in total. The van der Waals surface area contributed by atoms with Crippen LogP contribution in [0.4, 0.5) is 5.13 Å². The molecule has 0 aliphatic carbocycles. The lowest BCUT2D eigenvalue weighted by Crippen LogP contribution is -2.61. The summed E-state index contributed by atoms with van der Waals surface area (Å²) in [5.74, 6) is 0. The fourth-order valence-electron chi connectivity index (χ4n) is 2.69. The lowest BCUT2D eigenvalue weighted by molar-refractivity contribution is 0.0105. The maximum absolute atomic E-state index is 5.40. The molecule has 0 unspecified atom stereocenters. The van der Waals surface area contributed by atoms with Gasteiger partial charge in [-0.05, 0) is 6.07 Å². The van der Waals surface area contributed by atoms with Crippen LogP contribution in [0, 0.1) is 0 Å². The molecule has 2 saturated heterocycles. The van der Waals surface area contributed by atoms with Crippen LogP contribution in [0.5, 0.6) is 0 Å². The average molecular weight is 276 g/mol. The van der Waals surface area contributed by atoms with E-state index in [1.54, 1.807) is 11.3 Å². The van der Waals surface area contributed by atoms with Gasteiger partial charge in [0.1, 0.15) is 5.52 Å². The van der Waals surface area contributed by atoms with Gasteiger partial charge in [-0.3, -0.25) is 9.88 Å². The minimum atomic E-state index is 0.675. The van der Waals surface area contributed by atoms with Crippen LogP contribution in [0.3, 0.4) is 0 Å². The number of ether oxygens (including phenoxy) is 1. The SMILES string of the molecule is c1cc2sc(N3CC(N4CCOCC4)C3)nc2cn1. The first kappa shape index (κ1) is 11.6. The second kappa shape index (κ2) is 4.70. The van der Waals surface area contributed by atoms with Crippen LogP contribution in [0.1, 0.15) is 0 Å². The lowest BCUT2D eigenvalue weighted by Gasteiger charge is -2.46.